The van der Waals surface area contributed by atoms with E-state index < -0.39 is 0 Å². The second kappa shape index (κ2) is 9.54. The quantitative estimate of drug-likeness (QED) is 0.626. The van der Waals surface area contributed by atoms with E-state index in [1.54, 1.807) is 30.0 Å². The zero-order valence-corrected chi connectivity index (χ0v) is 16.4. The van der Waals surface area contributed by atoms with Crippen LogP contribution in [0.4, 0.5) is 11.5 Å². The smallest absolute Gasteiger partial charge is 0.227 e. The van der Waals surface area contributed by atoms with Crippen molar-refractivity contribution in [1.29, 1.82) is 0 Å². The summed E-state index contributed by atoms with van der Waals surface area (Å²) in [6.07, 6.45) is 0.137. The number of hydrogen-bond donors (Lipinski definition) is 1. The van der Waals surface area contributed by atoms with Crippen molar-refractivity contribution >= 4 is 23.3 Å². The van der Waals surface area contributed by atoms with E-state index in [9.17, 15) is 9.59 Å². The van der Waals surface area contributed by atoms with Crippen LogP contribution in [0.2, 0.25) is 0 Å². The first-order valence-corrected chi connectivity index (χ1v) is 9.29. The zero-order valence-electron chi connectivity index (χ0n) is 16.4. The molecule has 2 aromatic carbocycles. The summed E-state index contributed by atoms with van der Waals surface area (Å²) in [5.74, 6) is 1.29. The standard InChI is InChI=1S/C22H23N3O4/c1-16-14-21(24-29-16)23-22(27)12-13-25(17(2)26)19-8-10-20(11-9-19)28-15-18-6-4-3-5-7-18/h3-11,14H,12-13,15H2,1-2H3,(H,23,24,27). The second-order valence-electron chi connectivity index (χ2n) is 6.56. The number of aryl methyl sites for hydroxylation is 1. The van der Waals surface area contributed by atoms with Gasteiger partial charge in [0.05, 0.1) is 0 Å². The Labute approximate surface area is 169 Å². The Hall–Kier alpha value is -3.61. The summed E-state index contributed by atoms with van der Waals surface area (Å²) >= 11 is 0. The summed E-state index contributed by atoms with van der Waals surface area (Å²) in [6, 6.07) is 18.8. The van der Waals surface area contributed by atoms with Gasteiger partial charge >= 0.3 is 0 Å². The molecule has 29 heavy (non-hydrogen) atoms. The molecule has 1 N–H and O–H groups in total. The fourth-order valence-corrected chi connectivity index (χ4v) is 2.78. The number of ether oxygens (including phenoxy) is 1. The first kappa shape index (κ1) is 20.1. The highest BCUT2D eigenvalue weighted by Gasteiger charge is 2.14. The summed E-state index contributed by atoms with van der Waals surface area (Å²) in [7, 11) is 0. The lowest BCUT2D eigenvalue weighted by atomic mass is 10.2. The Morgan fingerprint density at radius 2 is 1.83 bits per heavy atom. The maximum Gasteiger partial charge on any atom is 0.227 e. The molecule has 2 amide bonds. The van der Waals surface area contributed by atoms with E-state index in [0.717, 1.165) is 5.56 Å². The third-order valence-electron chi connectivity index (χ3n) is 4.23. The molecule has 150 valence electrons. The molecule has 0 saturated carbocycles. The molecule has 7 heteroatoms. The van der Waals surface area contributed by atoms with E-state index in [0.29, 0.717) is 29.6 Å². The Bertz CT molecular complexity index is 952. The van der Waals surface area contributed by atoms with Gasteiger partial charge in [0.2, 0.25) is 11.8 Å². The molecular formula is C22H23N3O4. The molecular weight excluding hydrogens is 370 g/mol. The number of anilines is 2. The van der Waals surface area contributed by atoms with Crippen LogP contribution in [0.25, 0.3) is 0 Å². The van der Waals surface area contributed by atoms with E-state index in [2.05, 4.69) is 10.5 Å². The number of benzene rings is 2. The van der Waals surface area contributed by atoms with E-state index in [-0.39, 0.29) is 24.8 Å². The first-order chi connectivity index (χ1) is 14.0. The largest absolute Gasteiger partial charge is 0.489 e. The fraction of sp³-hybridized carbons (Fsp3) is 0.227. The van der Waals surface area contributed by atoms with Gasteiger partial charge in [-0.1, -0.05) is 35.5 Å². The molecule has 0 saturated heterocycles. The van der Waals surface area contributed by atoms with E-state index in [1.807, 2.05) is 42.5 Å². The van der Waals surface area contributed by atoms with Crippen LogP contribution in [0, 0.1) is 6.92 Å². The Morgan fingerprint density at radius 3 is 2.45 bits per heavy atom. The minimum Gasteiger partial charge on any atom is -0.489 e. The van der Waals surface area contributed by atoms with Crippen molar-refractivity contribution in [3.05, 3.63) is 72.0 Å². The molecule has 0 fully saturated rings. The summed E-state index contributed by atoms with van der Waals surface area (Å²) < 4.78 is 10.7. The van der Waals surface area contributed by atoms with Crippen molar-refractivity contribution in [2.45, 2.75) is 26.9 Å². The maximum atomic E-state index is 12.1. The topological polar surface area (TPSA) is 84.7 Å². The average Bonchev–Trinajstić information content (AvgIpc) is 3.12. The van der Waals surface area contributed by atoms with Crippen molar-refractivity contribution in [2.24, 2.45) is 0 Å². The van der Waals surface area contributed by atoms with Crippen LogP contribution in [0.1, 0.15) is 24.7 Å². The molecule has 3 aromatic rings. The minimum atomic E-state index is -0.243. The van der Waals surface area contributed by atoms with Crippen LogP contribution < -0.4 is 15.0 Å². The van der Waals surface area contributed by atoms with Crippen molar-refractivity contribution in [3.63, 3.8) is 0 Å². The van der Waals surface area contributed by atoms with Crippen LogP contribution in [0.5, 0.6) is 5.75 Å². The fourth-order valence-electron chi connectivity index (χ4n) is 2.78. The van der Waals surface area contributed by atoms with Crippen molar-refractivity contribution in [3.8, 4) is 5.75 Å². The SMILES string of the molecule is CC(=O)N(CCC(=O)Nc1cc(C)on1)c1ccc(OCc2ccccc2)cc1. The van der Waals surface area contributed by atoms with Gasteiger partial charge in [-0.25, -0.2) is 0 Å². The number of nitrogens with zero attached hydrogens (tertiary/aromatic N) is 2. The van der Waals surface area contributed by atoms with Gasteiger partial charge in [-0.05, 0) is 36.8 Å². The first-order valence-electron chi connectivity index (χ1n) is 9.29. The van der Waals surface area contributed by atoms with Gasteiger partial charge in [0.1, 0.15) is 18.1 Å². The summed E-state index contributed by atoms with van der Waals surface area (Å²) in [6.45, 7) is 3.94. The van der Waals surface area contributed by atoms with E-state index in [1.165, 1.54) is 6.92 Å². The highest BCUT2D eigenvalue weighted by Crippen LogP contribution is 2.21. The number of carbonyl (C=O) groups is 2. The van der Waals surface area contributed by atoms with Gasteiger partial charge in [-0.2, -0.15) is 0 Å². The number of nitrogens with one attached hydrogen (secondary N) is 1. The third-order valence-corrected chi connectivity index (χ3v) is 4.23. The molecule has 0 atom stereocenters. The van der Waals surface area contributed by atoms with Gasteiger partial charge in [-0.15, -0.1) is 0 Å². The predicted octanol–water partition coefficient (Wildman–Crippen LogP) is 3.94. The number of carbonyl (C=O) groups excluding carboxylic acids is 2. The average molecular weight is 393 g/mol. The Morgan fingerprint density at radius 1 is 1.10 bits per heavy atom. The summed E-state index contributed by atoms with van der Waals surface area (Å²) in [4.78, 5) is 25.7. The van der Waals surface area contributed by atoms with Gasteiger partial charge in [0, 0.05) is 31.6 Å². The van der Waals surface area contributed by atoms with Crippen molar-refractivity contribution in [1.82, 2.24) is 5.16 Å². The minimum absolute atomic E-state index is 0.137. The van der Waals surface area contributed by atoms with Crippen LogP contribution in [-0.2, 0) is 16.2 Å². The number of hydrogen-bond acceptors (Lipinski definition) is 5. The van der Waals surface area contributed by atoms with Gasteiger partial charge in [0.25, 0.3) is 0 Å². The van der Waals surface area contributed by atoms with Gasteiger partial charge in [-0.3, -0.25) is 9.59 Å². The third kappa shape index (κ3) is 5.93. The molecule has 0 aliphatic heterocycles. The molecule has 7 nitrogen and oxygen atoms in total. The number of rotatable bonds is 8. The molecule has 0 spiro atoms. The molecule has 0 radical (unpaired) electrons. The van der Waals surface area contributed by atoms with Crippen LogP contribution in [-0.4, -0.2) is 23.5 Å². The molecule has 1 heterocycles. The normalized spacial score (nSPS) is 10.4. The molecule has 0 aliphatic rings. The van der Waals surface area contributed by atoms with Crippen LogP contribution >= 0.6 is 0 Å². The molecule has 0 aliphatic carbocycles. The van der Waals surface area contributed by atoms with E-state index in [4.69, 9.17) is 9.26 Å². The summed E-state index contributed by atoms with van der Waals surface area (Å²) in [5, 5.41) is 6.37. The number of aromatic nitrogens is 1. The molecule has 3 rings (SSSR count). The number of amides is 2. The Kier molecular flexibility index (Phi) is 6.63. The maximum absolute atomic E-state index is 12.1. The van der Waals surface area contributed by atoms with Crippen molar-refractivity contribution < 1.29 is 18.8 Å². The lowest BCUT2D eigenvalue weighted by Gasteiger charge is -2.21. The van der Waals surface area contributed by atoms with Gasteiger partial charge in [0.15, 0.2) is 5.82 Å². The highest BCUT2D eigenvalue weighted by molar-refractivity contribution is 5.94. The van der Waals surface area contributed by atoms with Crippen LogP contribution in [0.3, 0.4) is 0 Å². The zero-order chi connectivity index (χ0) is 20.6. The van der Waals surface area contributed by atoms with Crippen LogP contribution in [0.15, 0.2) is 65.2 Å². The van der Waals surface area contributed by atoms with Crippen molar-refractivity contribution in [2.75, 3.05) is 16.8 Å². The van der Waals surface area contributed by atoms with E-state index >= 15 is 0 Å². The monoisotopic (exact) mass is 393 g/mol. The Balaban J connectivity index is 1.55. The predicted molar refractivity (Wildman–Crippen MR) is 110 cm³/mol. The van der Waals surface area contributed by atoms with Gasteiger partial charge < -0.3 is 19.5 Å². The lowest BCUT2D eigenvalue weighted by Crippen LogP contribution is -2.31. The second-order valence-corrected chi connectivity index (χ2v) is 6.56. The molecule has 0 unspecified atom stereocenters. The summed E-state index contributed by atoms with van der Waals surface area (Å²) in [5.41, 5.74) is 1.78. The lowest BCUT2D eigenvalue weighted by molar-refractivity contribution is -0.117. The highest BCUT2D eigenvalue weighted by atomic mass is 16.5. The molecule has 1 aromatic heterocycles. The molecule has 0 bridgehead atoms.